The second-order valence-electron chi connectivity index (χ2n) is 7.09. The van der Waals surface area contributed by atoms with E-state index in [1.165, 1.54) is 0 Å². The smallest absolute Gasteiger partial charge is 0.279 e. The highest BCUT2D eigenvalue weighted by molar-refractivity contribution is 6.13. The Morgan fingerprint density at radius 2 is 2.14 bits per heavy atom. The lowest BCUT2D eigenvalue weighted by Crippen LogP contribution is -2.49. The maximum absolute atomic E-state index is 12.8. The molecule has 2 aromatic rings. The molecule has 0 unspecified atom stereocenters. The molecule has 1 amide bonds. The van der Waals surface area contributed by atoms with Gasteiger partial charge >= 0.3 is 0 Å². The molecular weight excluding hydrogens is 354 g/mol. The van der Waals surface area contributed by atoms with Gasteiger partial charge in [0.2, 0.25) is 5.96 Å². The fourth-order valence-electron chi connectivity index (χ4n) is 3.69. The molecule has 1 aromatic carbocycles. The van der Waals surface area contributed by atoms with Crippen LogP contribution in [0.4, 0.5) is 0 Å². The van der Waals surface area contributed by atoms with E-state index in [-0.39, 0.29) is 5.91 Å². The number of benzene rings is 1. The Bertz CT molecular complexity index is 957. The second-order valence-corrected chi connectivity index (χ2v) is 7.09. The van der Waals surface area contributed by atoms with Gasteiger partial charge in [0.25, 0.3) is 5.91 Å². The topological polar surface area (TPSA) is 63.0 Å². The molecule has 0 N–H and O–H groups in total. The van der Waals surface area contributed by atoms with Crippen LogP contribution in [-0.4, -0.2) is 58.0 Å². The van der Waals surface area contributed by atoms with Crippen LogP contribution in [0.25, 0.3) is 11.8 Å². The minimum atomic E-state index is -0.0240. The molecular formula is C21H25N5O2. The quantitative estimate of drug-likeness (QED) is 0.750. The van der Waals surface area contributed by atoms with E-state index < -0.39 is 0 Å². The van der Waals surface area contributed by atoms with E-state index in [0.717, 1.165) is 61.1 Å². The van der Waals surface area contributed by atoms with Crippen LogP contribution in [-0.2, 0) is 4.79 Å². The highest BCUT2D eigenvalue weighted by atomic mass is 16.5. The number of amides is 1. The average Bonchev–Trinajstić information content (AvgIpc) is 3.27. The Labute approximate surface area is 164 Å². The molecule has 0 radical (unpaired) electrons. The van der Waals surface area contributed by atoms with Gasteiger partial charge in [-0.1, -0.05) is 13.0 Å². The summed E-state index contributed by atoms with van der Waals surface area (Å²) in [7, 11) is 1.64. The number of ether oxygens (including phenoxy) is 1. The molecule has 146 valence electrons. The number of methoxy groups -OCH3 is 1. The van der Waals surface area contributed by atoms with E-state index in [1.54, 1.807) is 18.3 Å². The van der Waals surface area contributed by atoms with Crippen LogP contribution < -0.4 is 4.74 Å². The van der Waals surface area contributed by atoms with Crippen molar-refractivity contribution in [3.05, 3.63) is 47.7 Å². The first-order valence-corrected chi connectivity index (χ1v) is 9.67. The van der Waals surface area contributed by atoms with Gasteiger partial charge in [0.15, 0.2) is 0 Å². The van der Waals surface area contributed by atoms with Crippen molar-refractivity contribution in [1.29, 1.82) is 0 Å². The molecule has 2 aliphatic rings. The molecule has 2 aliphatic heterocycles. The third-order valence-electron chi connectivity index (χ3n) is 5.01. The number of aryl methyl sites for hydroxylation is 1. The van der Waals surface area contributed by atoms with Crippen molar-refractivity contribution in [1.82, 2.24) is 19.4 Å². The van der Waals surface area contributed by atoms with Gasteiger partial charge in [-0.3, -0.25) is 9.69 Å². The Kier molecular flexibility index (Phi) is 4.90. The van der Waals surface area contributed by atoms with E-state index in [0.29, 0.717) is 5.70 Å². The minimum Gasteiger partial charge on any atom is -0.495 e. The molecule has 4 rings (SSSR count). The maximum atomic E-state index is 12.8. The summed E-state index contributed by atoms with van der Waals surface area (Å²) < 4.78 is 7.49. The normalized spacial score (nSPS) is 17.9. The van der Waals surface area contributed by atoms with Gasteiger partial charge in [-0.05, 0) is 43.5 Å². The molecule has 0 saturated carbocycles. The van der Waals surface area contributed by atoms with Gasteiger partial charge < -0.3 is 14.2 Å². The predicted octanol–water partition coefficient (Wildman–Crippen LogP) is 2.84. The summed E-state index contributed by atoms with van der Waals surface area (Å²) in [6.45, 7) is 6.70. The van der Waals surface area contributed by atoms with E-state index in [9.17, 15) is 4.79 Å². The summed E-state index contributed by atoms with van der Waals surface area (Å²) in [5, 5.41) is 0. The monoisotopic (exact) mass is 379 g/mol. The third-order valence-corrected chi connectivity index (χ3v) is 5.01. The number of aromatic nitrogens is 2. The highest BCUT2D eigenvalue weighted by Gasteiger charge is 2.35. The maximum Gasteiger partial charge on any atom is 0.279 e. The van der Waals surface area contributed by atoms with E-state index in [2.05, 4.69) is 21.8 Å². The van der Waals surface area contributed by atoms with Crippen molar-refractivity contribution in [2.24, 2.45) is 4.99 Å². The molecule has 0 spiro atoms. The van der Waals surface area contributed by atoms with Gasteiger partial charge in [0.05, 0.1) is 24.8 Å². The predicted molar refractivity (Wildman–Crippen MR) is 108 cm³/mol. The summed E-state index contributed by atoms with van der Waals surface area (Å²) in [5.74, 6) is 1.49. The standard InChI is InChI=1S/C21H25N5O2/c1-4-8-24-9-5-10-26-20(27)17(23-21(24)26)11-16-6-7-18(19(12-16)28-3)25-13-15(2)22-14-25/h6-7,11-14H,4-5,8-10H2,1-3H3/b17-11-. The van der Waals surface area contributed by atoms with Crippen molar-refractivity contribution < 1.29 is 9.53 Å². The molecule has 1 aromatic heterocycles. The first-order chi connectivity index (χ1) is 13.6. The molecule has 7 nitrogen and oxygen atoms in total. The van der Waals surface area contributed by atoms with Crippen LogP contribution >= 0.6 is 0 Å². The van der Waals surface area contributed by atoms with Crippen LogP contribution in [0.2, 0.25) is 0 Å². The molecule has 1 saturated heterocycles. The van der Waals surface area contributed by atoms with Gasteiger partial charge in [-0.25, -0.2) is 9.98 Å². The van der Waals surface area contributed by atoms with E-state index in [1.807, 2.05) is 42.0 Å². The zero-order valence-corrected chi connectivity index (χ0v) is 16.6. The molecule has 0 aliphatic carbocycles. The Balaban J connectivity index is 1.66. The van der Waals surface area contributed by atoms with E-state index in [4.69, 9.17) is 4.74 Å². The summed E-state index contributed by atoms with van der Waals surface area (Å²) in [6.07, 6.45) is 7.56. The number of guanidine groups is 1. The van der Waals surface area contributed by atoms with Crippen LogP contribution in [0.3, 0.4) is 0 Å². The van der Waals surface area contributed by atoms with Crippen LogP contribution in [0.5, 0.6) is 5.75 Å². The SMILES string of the molecule is CCCN1CCCN2C(=O)/C(=C/c3ccc(-n4cnc(C)c4)c(OC)c3)N=C12. The summed E-state index contributed by atoms with van der Waals surface area (Å²) in [6, 6.07) is 5.86. The lowest BCUT2D eigenvalue weighted by molar-refractivity contribution is -0.123. The lowest BCUT2D eigenvalue weighted by Gasteiger charge is -2.34. The molecule has 7 heteroatoms. The Hall–Kier alpha value is -3.09. The fourth-order valence-corrected chi connectivity index (χ4v) is 3.69. The number of fused-ring (bicyclic) bond motifs is 1. The minimum absolute atomic E-state index is 0.0240. The number of imidazole rings is 1. The molecule has 1 fully saturated rings. The van der Waals surface area contributed by atoms with Gasteiger partial charge in [0.1, 0.15) is 11.4 Å². The number of nitrogens with zero attached hydrogens (tertiary/aromatic N) is 5. The first-order valence-electron chi connectivity index (χ1n) is 9.67. The van der Waals surface area contributed by atoms with Gasteiger partial charge in [-0.15, -0.1) is 0 Å². The van der Waals surface area contributed by atoms with Gasteiger partial charge in [-0.2, -0.15) is 0 Å². The summed E-state index contributed by atoms with van der Waals surface area (Å²) in [5.41, 5.74) is 3.20. The molecule has 3 heterocycles. The fraction of sp³-hybridized carbons (Fsp3) is 0.381. The summed E-state index contributed by atoms with van der Waals surface area (Å²) >= 11 is 0. The number of carbonyl (C=O) groups is 1. The Morgan fingerprint density at radius 1 is 1.29 bits per heavy atom. The number of carbonyl (C=O) groups excluding carboxylic acids is 1. The number of hydrogen-bond donors (Lipinski definition) is 0. The first kappa shape index (κ1) is 18.3. The van der Waals surface area contributed by atoms with Crippen LogP contribution in [0, 0.1) is 6.92 Å². The van der Waals surface area contributed by atoms with Crippen molar-refractivity contribution in [2.75, 3.05) is 26.7 Å². The van der Waals surface area contributed by atoms with E-state index >= 15 is 0 Å². The molecule has 0 atom stereocenters. The van der Waals surface area contributed by atoms with Gasteiger partial charge in [0, 0.05) is 25.8 Å². The molecule has 0 bridgehead atoms. The largest absolute Gasteiger partial charge is 0.495 e. The van der Waals surface area contributed by atoms with Crippen LogP contribution in [0.1, 0.15) is 31.0 Å². The summed E-state index contributed by atoms with van der Waals surface area (Å²) in [4.78, 5) is 25.7. The van der Waals surface area contributed by atoms with Crippen LogP contribution in [0.15, 0.2) is 41.4 Å². The third kappa shape index (κ3) is 3.28. The van der Waals surface area contributed by atoms with Crippen molar-refractivity contribution >= 4 is 17.9 Å². The highest BCUT2D eigenvalue weighted by Crippen LogP contribution is 2.28. The zero-order chi connectivity index (χ0) is 19.7. The van der Waals surface area contributed by atoms with Crippen molar-refractivity contribution in [2.45, 2.75) is 26.7 Å². The van der Waals surface area contributed by atoms with Crippen molar-refractivity contribution in [3.63, 3.8) is 0 Å². The average molecular weight is 379 g/mol. The van der Waals surface area contributed by atoms with Crippen molar-refractivity contribution in [3.8, 4) is 11.4 Å². The number of rotatable bonds is 5. The Morgan fingerprint density at radius 3 is 2.86 bits per heavy atom. The molecule has 28 heavy (non-hydrogen) atoms. The lowest BCUT2D eigenvalue weighted by atomic mass is 10.1. The number of aliphatic imine (C=N–C) groups is 1. The number of hydrogen-bond acceptors (Lipinski definition) is 5. The zero-order valence-electron chi connectivity index (χ0n) is 16.6. The second kappa shape index (κ2) is 7.50.